The fourth-order valence-corrected chi connectivity index (χ4v) is 2.57. The van der Waals surface area contributed by atoms with E-state index in [1.807, 2.05) is 19.1 Å². The zero-order valence-electron chi connectivity index (χ0n) is 9.48. The van der Waals surface area contributed by atoms with Gasteiger partial charge in [-0.1, -0.05) is 28.1 Å². The lowest BCUT2D eigenvalue weighted by molar-refractivity contribution is 0.547. The number of nitrogens with one attached hydrogen (secondary N) is 1. The normalized spacial score (nSPS) is 12.6. The van der Waals surface area contributed by atoms with Gasteiger partial charge < -0.3 is 0 Å². The molecule has 0 aliphatic rings. The molecule has 0 bridgehead atoms. The molecule has 3 nitrogen and oxygen atoms in total. The summed E-state index contributed by atoms with van der Waals surface area (Å²) in [6.45, 7) is 2.01. The quantitative estimate of drug-likeness (QED) is 0.674. The van der Waals surface area contributed by atoms with Gasteiger partial charge in [0.2, 0.25) is 0 Å². The van der Waals surface area contributed by atoms with Crippen molar-refractivity contribution in [2.45, 2.75) is 19.4 Å². The van der Waals surface area contributed by atoms with E-state index in [0.29, 0.717) is 0 Å². The van der Waals surface area contributed by atoms with E-state index < -0.39 is 0 Å². The second kappa shape index (κ2) is 5.73. The number of benzene rings is 1. The fraction of sp³-hybridized carbons (Fsp3) is 0.250. The summed E-state index contributed by atoms with van der Waals surface area (Å²) in [7, 11) is 0. The highest BCUT2D eigenvalue weighted by molar-refractivity contribution is 9.10. The highest BCUT2D eigenvalue weighted by Crippen LogP contribution is 2.21. The standard InChI is InChI=1S/C12H14BrN3S/c1-8-15-11(7-17-8)6-12(16-14)9-2-4-10(13)5-3-9/h2-5,7,12,16H,6,14H2,1H3. The molecule has 0 aliphatic heterocycles. The summed E-state index contributed by atoms with van der Waals surface area (Å²) >= 11 is 5.09. The van der Waals surface area contributed by atoms with E-state index in [0.717, 1.165) is 21.6 Å². The number of rotatable bonds is 4. The van der Waals surface area contributed by atoms with E-state index in [2.05, 4.69) is 43.9 Å². The van der Waals surface area contributed by atoms with Crippen molar-refractivity contribution in [3.05, 3.63) is 50.4 Å². The van der Waals surface area contributed by atoms with Gasteiger partial charge in [-0.15, -0.1) is 11.3 Å². The largest absolute Gasteiger partial charge is 0.271 e. The molecule has 0 aliphatic carbocycles. The van der Waals surface area contributed by atoms with Gasteiger partial charge >= 0.3 is 0 Å². The highest BCUT2D eigenvalue weighted by atomic mass is 79.9. The Kier molecular flexibility index (Phi) is 4.28. The summed E-state index contributed by atoms with van der Waals surface area (Å²) in [5.74, 6) is 5.61. The van der Waals surface area contributed by atoms with Crippen molar-refractivity contribution in [1.29, 1.82) is 0 Å². The molecule has 1 atom stereocenters. The summed E-state index contributed by atoms with van der Waals surface area (Å²) < 4.78 is 1.07. The van der Waals surface area contributed by atoms with Gasteiger partial charge in [-0.2, -0.15) is 0 Å². The third kappa shape index (κ3) is 3.35. The minimum Gasteiger partial charge on any atom is -0.271 e. The Morgan fingerprint density at radius 3 is 2.65 bits per heavy atom. The molecule has 17 heavy (non-hydrogen) atoms. The van der Waals surface area contributed by atoms with Crippen molar-refractivity contribution in [2.75, 3.05) is 0 Å². The van der Waals surface area contributed by atoms with Gasteiger partial charge in [-0.05, 0) is 24.6 Å². The minimum atomic E-state index is 0.101. The molecular formula is C12H14BrN3S. The van der Waals surface area contributed by atoms with Gasteiger partial charge in [0.1, 0.15) is 0 Å². The predicted octanol–water partition coefficient (Wildman–Crippen LogP) is 2.96. The second-order valence-electron chi connectivity index (χ2n) is 3.83. The van der Waals surface area contributed by atoms with Gasteiger partial charge in [-0.3, -0.25) is 11.3 Å². The number of nitrogens with zero attached hydrogens (tertiary/aromatic N) is 1. The molecule has 0 saturated carbocycles. The molecule has 1 heterocycles. The topological polar surface area (TPSA) is 50.9 Å². The molecule has 1 aromatic heterocycles. The van der Waals surface area contributed by atoms with Crippen LogP contribution in [0.15, 0.2) is 34.1 Å². The number of halogens is 1. The van der Waals surface area contributed by atoms with Crippen LogP contribution in [0.25, 0.3) is 0 Å². The number of hydrazine groups is 1. The van der Waals surface area contributed by atoms with Gasteiger partial charge in [0, 0.05) is 16.3 Å². The Labute approximate surface area is 113 Å². The van der Waals surface area contributed by atoms with Crippen LogP contribution in [0.3, 0.4) is 0 Å². The van der Waals surface area contributed by atoms with Crippen molar-refractivity contribution < 1.29 is 0 Å². The van der Waals surface area contributed by atoms with Gasteiger partial charge in [0.25, 0.3) is 0 Å². The van der Waals surface area contributed by atoms with E-state index in [1.165, 1.54) is 5.56 Å². The molecule has 1 aromatic carbocycles. The summed E-state index contributed by atoms with van der Waals surface area (Å²) in [6, 6.07) is 8.27. The molecule has 5 heteroatoms. The average molecular weight is 312 g/mol. The van der Waals surface area contributed by atoms with Crippen LogP contribution < -0.4 is 11.3 Å². The van der Waals surface area contributed by atoms with Crippen LogP contribution in [0.1, 0.15) is 22.3 Å². The number of aryl methyl sites for hydroxylation is 1. The SMILES string of the molecule is Cc1nc(CC(NN)c2ccc(Br)cc2)cs1. The first-order valence-corrected chi connectivity index (χ1v) is 6.99. The van der Waals surface area contributed by atoms with Crippen molar-refractivity contribution in [3.63, 3.8) is 0 Å². The molecule has 0 amide bonds. The van der Waals surface area contributed by atoms with E-state index in [1.54, 1.807) is 11.3 Å². The lowest BCUT2D eigenvalue weighted by atomic mass is 10.0. The summed E-state index contributed by atoms with van der Waals surface area (Å²) in [5, 5.41) is 3.17. The first-order valence-electron chi connectivity index (χ1n) is 5.31. The Morgan fingerprint density at radius 2 is 2.12 bits per heavy atom. The van der Waals surface area contributed by atoms with Crippen LogP contribution in [-0.4, -0.2) is 4.98 Å². The fourth-order valence-electron chi connectivity index (χ4n) is 1.68. The third-order valence-electron chi connectivity index (χ3n) is 2.55. The molecule has 0 spiro atoms. The van der Waals surface area contributed by atoms with E-state index >= 15 is 0 Å². The van der Waals surface area contributed by atoms with Crippen LogP contribution in [0, 0.1) is 6.92 Å². The van der Waals surface area contributed by atoms with Crippen LogP contribution >= 0.6 is 27.3 Å². The van der Waals surface area contributed by atoms with Crippen LogP contribution in [-0.2, 0) is 6.42 Å². The smallest absolute Gasteiger partial charge is 0.0897 e. The van der Waals surface area contributed by atoms with Crippen molar-refractivity contribution in [2.24, 2.45) is 5.84 Å². The molecule has 90 valence electrons. The van der Waals surface area contributed by atoms with Gasteiger partial charge in [0.15, 0.2) is 0 Å². The van der Waals surface area contributed by atoms with E-state index in [4.69, 9.17) is 5.84 Å². The maximum absolute atomic E-state index is 5.61. The minimum absolute atomic E-state index is 0.101. The van der Waals surface area contributed by atoms with Crippen LogP contribution in [0.4, 0.5) is 0 Å². The van der Waals surface area contributed by atoms with Crippen molar-refractivity contribution in [1.82, 2.24) is 10.4 Å². The zero-order valence-corrected chi connectivity index (χ0v) is 11.9. The van der Waals surface area contributed by atoms with Crippen molar-refractivity contribution >= 4 is 27.3 Å². The zero-order chi connectivity index (χ0) is 12.3. The monoisotopic (exact) mass is 311 g/mol. The summed E-state index contributed by atoms with van der Waals surface area (Å²) in [5.41, 5.74) is 5.09. The Bertz CT molecular complexity index is 481. The Morgan fingerprint density at radius 1 is 1.41 bits per heavy atom. The first-order chi connectivity index (χ1) is 8.19. The number of hydrogen-bond acceptors (Lipinski definition) is 4. The Balaban J connectivity index is 2.13. The molecule has 2 aromatic rings. The van der Waals surface area contributed by atoms with Gasteiger partial charge in [0.05, 0.1) is 16.7 Å². The molecule has 3 N–H and O–H groups in total. The molecule has 0 fully saturated rings. The average Bonchev–Trinajstić information content (AvgIpc) is 2.73. The molecule has 2 rings (SSSR count). The highest BCUT2D eigenvalue weighted by Gasteiger charge is 2.12. The van der Waals surface area contributed by atoms with Crippen LogP contribution in [0.5, 0.6) is 0 Å². The Hall–Kier alpha value is -0.750. The molecular weight excluding hydrogens is 298 g/mol. The maximum Gasteiger partial charge on any atom is 0.0897 e. The number of hydrogen-bond donors (Lipinski definition) is 2. The lowest BCUT2D eigenvalue weighted by Crippen LogP contribution is -2.29. The van der Waals surface area contributed by atoms with E-state index in [9.17, 15) is 0 Å². The number of aromatic nitrogens is 1. The first kappa shape index (κ1) is 12.7. The summed E-state index contributed by atoms with van der Waals surface area (Å²) in [6.07, 6.45) is 0.808. The predicted molar refractivity (Wildman–Crippen MR) is 74.8 cm³/mol. The molecule has 0 radical (unpaired) electrons. The van der Waals surface area contributed by atoms with Crippen molar-refractivity contribution in [3.8, 4) is 0 Å². The summed E-state index contributed by atoms with van der Waals surface area (Å²) in [4.78, 5) is 4.46. The van der Waals surface area contributed by atoms with E-state index in [-0.39, 0.29) is 6.04 Å². The maximum atomic E-state index is 5.61. The third-order valence-corrected chi connectivity index (χ3v) is 3.90. The molecule has 1 unspecified atom stereocenters. The number of thiazole rings is 1. The lowest BCUT2D eigenvalue weighted by Gasteiger charge is -2.15. The van der Waals surface area contributed by atoms with Gasteiger partial charge in [-0.25, -0.2) is 4.98 Å². The van der Waals surface area contributed by atoms with Crippen LogP contribution in [0.2, 0.25) is 0 Å². The number of nitrogens with two attached hydrogens (primary N) is 1. The second-order valence-corrected chi connectivity index (χ2v) is 5.81. The molecule has 0 saturated heterocycles.